The number of ether oxygens (including phenoxy) is 1. The molecule has 1 saturated heterocycles. The van der Waals surface area contributed by atoms with E-state index in [9.17, 15) is 34.6 Å². The number of hydrogen-bond acceptors (Lipinski definition) is 9. The van der Waals surface area contributed by atoms with Gasteiger partial charge < -0.3 is 10.1 Å². The maximum Gasteiger partial charge on any atom is 0.318 e. The van der Waals surface area contributed by atoms with Crippen LogP contribution in [-0.2, 0) is 9.59 Å². The van der Waals surface area contributed by atoms with E-state index in [1.165, 1.54) is 12.1 Å². The number of hydrogen-bond donors (Lipinski definition) is 1. The first-order valence-corrected chi connectivity index (χ1v) is 11.8. The van der Waals surface area contributed by atoms with Crippen LogP contribution in [0, 0.1) is 27.2 Å². The molecule has 0 radical (unpaired) electrons. The molecular formula is C25H18N4O8S. The molecular weight excluding hydrogens is 516 g/mol. The summed E-state index contributed by atoms with van der Waals surface area (Å²) >= 11 is 0.636. The van der Waals surface area contributed by atoms with Crippen LogP contribution in [0.5, 0.6) is 11.5 Å². The van der Waals surface area contributed by atoms with Crippen molar-refractivity contribution in [2.45, 2.75) is 6.92 Å². The van der Waals surface area contributed by atoms with E-state index in [-0.39, 0.29) is 16.4 Å². The molecule has 0 atom stereocenters. The minimum absolute atomic E-state index is 0.0212. The zero-order valence-electron chi connectivity index (χ0n) is 19.7. The fourth-order valence-electron chi connectivity index (χ4n) is 3.48. The molecule has 0 unspecified atom stereocenters. The average Bonchev–Trinajstić information content (AvgIpc) is 3.13. The number of benzene rings is 3. The number of nitro groups is 2. The molecule has 4 rings (SSSR count). The first-order valence-electron chi connectivity index (χ1n) is 10.9. The van der Waals surface area contributed by atoms with Crippen molar-refractivity contribution >= 4 is 52.0 Å². The molecule has 0 aliphatic carbocycles. The van der Waals surface area contributed by atoms with E-state index in [0.29, 0.717) is 23.0 Å². The molecule has 0 spiro atoms. The Morgan fingerprint density at radius 1 is 1.00 bits per heavy atom. The molecule has 0 aromatic heterocycles. The largest absolute Gasteiger partial charge is 0.449 e. The van der Waals surface area contributed by atoms with Gasteiger partial charge in [-0.3, -0.25) is 39.5 Å². The van der Waals surface area contributed by atoms with E-state index in [1.54, 1.807) is 30.3 Å². The second-order valence-corrected chi connectivity index (χ2v) is 8.93. The van der Waals surface area contributed by atoms with Gasteiger partial charge in [0.15, 0.2) is 0 Å². The Morgan fingerprint density at radius 2 is 1.71 bits per heavy atom. The fourth-order valence-corrected chi connectivity index (χ4v) is 4.31. The highest BCUT2D eigenvalue weighted by Gasteiger charge is 2.36. The Morgan fingerprint density at radius 3 is 2.42 bits per heavy atom. The summed E-state index contributed by atoms with van der Waals surface area (Å²) in [6.45, 7) is 1.33. The maximum atomic E-state index is 12.9. The summed E-state index contributed by atoms with van der Waals surface area (Å²) in [5.74, 6) is -1.37. The van der Waals surface area contributed by atoms with Crippen molar-refractivity contribution in [2.75, 3.05) is 11.9 Å². The van der Waals surface area contributed by atoms with Crippen molar-refractivity contribution in [3.05, 3.63) is 103 Å². The third-order valence-corrected chi connectivity index (χ3v) is 6.28. The van der Waals surface area contributed by atoms with Gasteiger partial charge in [0.25, 0.3) is 16.8 Å². The summed E-state index contributed by atoms with van der Waals surface area (Å²) in [6.07, 6.45) is 1.37. The van der Waals surface area contributed by atoms with Gasteiger partial charge in [-0.1, -0.05) is 36.4 Å². The van der Waals surface area contributed by atoms with Crippen molar-refractivity contribution in [2.24, 2.45) is 0 Å². The Labute approximate surface area is 219 Å². The predicted octanol–water partition coefficient (Wildman–Crippen LogP) is 5.28. The molecule has 13 heteroatoms. The van der Waals surface area contributed by atoms with E-state index in [0.717, 1.165) is 28.7 Å². The topological polar surface area (TPSA) is 162 Å². The van der Waals surface area contributed by atoms with E-state index in [4.69, 9.17) is 4.74 Å². The molecule has 0 saturated carbocycles. The maximum absolute atomic E-state index is 12.9. The minimum atomic E-state index is -0.807. The third kappa shape index (κ3) is 5.68. The van der Waals surface area contributed by atoms with Gasteiger partial charge in [-0.25, -0.2) is 0 Å². The van der Waals surface area contributed by atoms with Crippen molar-refractivity contribution < 1.29 is 29.0 Å². The SMILES string of the molecule is Cc1ccccc1NC(=O)CN1C(=O)S/C(=C/c2ccccc2Oc2ccc([N+](=O)[O-])cc2[N+](=O)[O-])C1=O. The monoisotopic (exact) mass is 534 g/mol. The number of nitrogens with zero attached hydrogens (tertiary/aromatic N) is 3. The van der Waals surface area contributed by atoms with Crippen LogP contribution in [-0.4, -0.2) is 38.3 Å². The van der Waals surface area contributed by atoms with Gasteiger partial charge in [0, 0.05) is 17.3 Å². The molecule has 0 bridgehead atoms. The van der Waals surface area contributed by atoms with Gasteiger partial charge in [-0.05, 0) is 48.5 Å². The van der Waals surface area contributed by atoms with Gasteiger partial charge >= 0.3 is 5.69 Å². The molecule has 38 heavy (non-hydrogen) atoms. The number of nitro benzene ring substituents is 2. The Bertz CT molecular complexity index is 1520. The lowest BCUT2D eigenvalue weighted by Crippen LogP contribution is -2.36. The zero-order chi connectivity index (χ0) is 27.4. The van der Waals surface area contributed by atoms with Gasteiger partial charge in [0.05, 0.1) is 20.8 Å². The van der Waals surface area contributed by atoms with Crippen molar-refractivity contribution in [1.29, 1.82) is 0 Å². The quantitative estimate of drug-likeness (QED) is 0.230. The van der Waals surface area contributed by atoms with Crippen LogP contribution in [0.25, 0.3) is 6.08 Å². The molecule has 192 valence electrons. The van der Waals surface area contributed by atoms with Crippen LogP contribution in [0.15, 0.2) is 71.6 Å². The molecule has 1 heterocycles. The van der Waals surface area contributed by atoms with Crippen LogP contribution in [0.3, 0.4) is 0 Å². The van der Waals surface area contributed by atoms with Crippen LogP contribution in [0.2, 0.25) is 0 Å². The van der Waals surface area contributed by atoms with Crippen molar-refractivity contribution in [3.63, 3.8) is 0 Å². The average molecular weight is 535 g/mol. The zero-order valence-corrected chi connectivity index (χ0v) is 20.5. The highest BCUT2D eigenvalue weighted by molar-refractivity contribution is 8.18. The van der Waals surface area contributed by atoms with E-state index >= 15 is 0 Å². The second kappa shape index (κ2) is 10.9. The van der Waals surface area contributed by atoms with E-state index < -0.39 is 44.8 Å². The summed E-state index contributed by atoms with van der Waals surface area (Å²) in [5.41, 5.74) is 0.604. The lowest BCUT2D eigenvalue weighted by Gasteiger charge is -2.13. The first kappa shape index (κ1) is 26.0. The first-order chi connectivity index (χ1) is 18.1. The number of carbonyl (C=O) groups is 3. The molecule has 12 nitrogen and oxygen atoms in total. The fraction of sp³-hybridized carbons (Fsp3) is 0.0800. The van der Waals surface area contributed by atoms with Crippen LogP contribution in [0.1, 0.15) is 11.1 Å². The summed E-state index contributed by atoms with van der Waals surface area (Å²) in [6, 6.07) is 16.3. The predicted molar refractivity (Wildman–Crippen MR) is 139 cm³/mol. The van der Waals surface area contributed by atoms with Gasteiger partial charge in [0.1, 0.15) is 12.3 Å². The van der Waals surface area contributed by atoms with Crippen LogP contribution in [0.4, 0.5) is 21.9 Å². The number of carbonyl (C=O) groups excluding carboxylic acids is 3. The summed E-state index contributed by atoms with van der Waals surface area (Å²) in [4.78, 5) is 59.6. The van der Waals surface area contributed by atoms with Gasteiger partial charge in [-0.2, -0.15) is 0 Å². The standard InChI is InChI=1S/C25H18N4O8S/c1-15-6-2-4-8-18(15)26-23(30)14-27-24(31)22(38-25(27)32)12-16-7-3-5-9-20(16)37-21-11-10-17(28(33)34)13-19(21)29(35)36/h2-13H,14H2,1H3,(H,26,30)/b22-12+. The highest BCUT2D eigenvalue weighted by atomic mass is 32.2. The number of para-hydroxylation sites is 2. The summed E-state index contributed by atoms with van der Waals surface area (Å²) < 4.78 is 5.69. The Kier molecular flexibility index (Phi) is 7.48. The van der Waals surface area contributed by atoms with E-state index in [2.05, 4.69) is 5.32 Å². The number of amides is 3. The molecule has 1 N–H and O–H groups in total. The lowest BCUT2D eigenvalue weighted by atomic mass is 10.1. The van der Waals surface area contributed by atoms with Crippen LogP contribution < -0.4 is 10.1 Å². The molecule has 3 amide bonds. The molecule has 1 aliphatic rings. The normalized spacial score (nSPS) is 14.0. The van der Waals surface area contributed by atoms with Gasteiger partial charge in [0.2, 0.25) is 11.7 Å². The van der Waals surface area contributed by atoms with Crippen LogP contribution >= 0.6 is 11.8 Å². The summed E-state index contributed by atoms with van der Waals surface area (Å²) in [5, 5.41) is 24.5. The van der Waals surface area contributed by atoms with Crippen molar-refractivity contribution in [1.82, 2.24) is 4.90 Å². The Hall–Kier alpha value is -5.04. The smallest absolute Gasteiger partial charge is 0.318 e. The number of aryl methyl sites for hydroxylation is 1. The molecule has 3 aromatic carbocycles. The molecule has 1 fully saturated rings. The number of imide groups is 1. The minimum Gasteiger partial charge on any atom is -0.449 e. The highest BCUT2D eigenvalue weighted by Crippen LogP contribution is 2.38. The number of nitrogens with one attached hydrogen (secondary N) is 1. The van der Waals surface area contributed by atoms with Gasteiger partial charge in [-0.15, -0.1) is 0 Å². The Balaban J connectivity index is 1.55. The molecule has 3 aromatic rings. The number of rotatable bonds is 8. The number of non-ortho nitro benzene ring substituents is 1. The number of anilines is 1. The lowest BCUT2D eigenvalue weighted by molar-refractivity contribution is -0.394. The third-order valence-electron chi connectivity index (χ3n) is 5.37. The van der Waals surface area contributed by atoms with E-state index in [1.807, 2.05) is 19.1 Å². The second-order valence-electron chi connectivity index (χ2n) is 7.94. The number of thioether (sulfide) groups is 1. The summed E-state index contributed by atoms with van der Waals surface area (Å²) in [7, 11) is 0. The van der Waals surface area contributed by atoms with Crippen molar-refractivity contribution in [3.8, 4) is 11.5 Å². The molecule has 1 aliphatic heterocycles.